The van der Waals surface area contributed by atoms with E-state index in [0.717, 1.165) is 43.3 Å². The lowest BCUT2D eigenvalue weighted by Crippen LogP contribution is -2.39. The van der Waals surface area contributed by atoms with Crippen LogP contribution in [0.1, 0.15) is 50.3 Å². The van der Waals surface area contributed by atoms with Gasteiger partial charge in [-0.15, -0.1) is 0 Å². The van der Waals surface area contributed by atoms with Gasteiger partial charge in [-0.25, -0.2) is 0 Å². The minimum Gasteiger partial charge on any atom is -0.388 e. The second-order valence-electron chi connectivity index (χ2n) is 7.92. The van der Waals surface area contributed by atoms with E-state index in [1.165, 1.54) is 37.2 Å². The topological polar surface area (TPSA) is 26.7 Å². The number of aryl methyl sites for hydroxylation is 1. The summed E-state index contributed by atoms with van der Waals surface area (Å²) < 4.78 is 0. The number of piperidine rings is 1. The first-order valence-electron chi connectivity index (χ1n) is 9.27. The number of anilines is 1. The summed E-state index contributed by atoms with van der Waals surface area (Å²) >= 11 is 0. The van der Waals surface area contributed by atoms with Crippen LogP contribution in [0.3, 0.4) is 0 Å². The largest absolute Gasteiger partial charge is 0.388 e. The molecule has 0 aliphatic carbocycles. The van der Waals surface area contributed by atoms with Crippen molar-refractivity contribution in [2.45, 2.75) is 45.6 Å². The maximum Gasteiger partial charge on any atom is 0.0802 e. The van der Waals surface area contributed by atoms with Crippen LogP contribution in [0.15, 0.2) is 18.2 Å². The molecular weight excluding hydrogens is 284 g/mol. The van der Waals surface area contributed by atoms with Crippen molar-refractivity contribution >= 4 is 5.69 Å². The highest BCUT2D eigenvalue weighted by molar-refractivity contribution is 5.56. The van der Waals surface area contributed by atoms with Gasteiger partial charge in [0.15, 0.2) is 0 Å². The molecule has 1 aromatic rings. The van der Waals surface area contributed by atoms with Crippen molar-refractivity contribution < 1.29 is 5.11 Å². The Morgan fingerprint density at radius 1 is 1.22 bits per heavy atom. The molecule has 2 aliphatic heterocycles. The van der Waals surface area contributed by atoms with Crippen LogP contribution < -0.4 is 4.90 Å². The summed E-state index contributed by atoms with van der Waals surface area (Å²) in [6, 6.07) is 6.54. The second kappa shape index (κ2) is 7.23. The molecule has 2 aliphatic rings. The van der Waals surface area contributed by atoms with Gasteiger partial charge in [0.2, 0.25) is 0 Å². The summed E-state index contributed by atoms with van der Waals surface area (Å²) in [6.45, 7) is 9.21. The number of aliphatic hydroxyl groups excluding tert-OH is 1. The lowest BCUT2D eigenvalue weighted by molar-refractivity contribution is 0.103. The monoisotopic (exact) mass is 316 g/mol. The predicted octanol–water partition coefficient (Wildman–Crippen LogP) is 3.47. The molecule has 0 spiro atoms. The first-order valence-corrected chi connectivity index (χ1v) is 9.27. The summed E-state index contributed by atoms with van der Waals surface area (Å²) in [7, 11) is 2.16. The van der Waals surface area contributed by atoms with Crippen molar-refractivity contribution in [3.63, 3.8) is 0 Å². The van der Waals surface area contributed by atoms with Crippen molar-refractivity contribution in [2.24, 2.45) is 11.8 Å². The molecule has 1 aromatic carbocycles. The average Bonchev–Trinajstić information content (AvgIpc) is 2.51. The van der Waals surface area contributed by atoms with E-state index in [1.54, 1.807) is 0 Å². The average molecular weight is 316 g/mol. The van der Waals surface area contributed by atoms with Gasteiger partial charge < -0.3 is 14.9 Å². The van der Waals surface area contributed by atoms with E-state index in [4.69, 9.17) is 0 Å². The van der Waals surface area contributed by atoms with Gasteiger partial charge in [-0.05, 0) is 54.7 Å². The molecule has 1 saturated heterocycles. The quantitative estimate of drug-likeness (QED) is 0.921. The summed E-state index contributed by atoms with van der Waals surface area (Å²) in [5.74, 6) is 1.57. The van der Waals surface area contributed by atoms with Crippen LogP contribution in [0.4, 0.5) is 5.69 Å². The number of likely N-dealkylation sites (tertiary alicyclic amines) is 1. The van der Waals surface area contributed by atoms with Gasteiger partial charge in [0.05, 0.1) is 6.10 Å². The molecule has 0 radical (unpaired) electrons. The maximum absolute atomic E-state index is 10.6. The molecule has 3 heteroatoms. The van der Waals surface area contributed by atoms with Gasteiger partial charge in [0.1, 0.15) is 0 Å². The van der Waals surface area contributed by atoms with Crippen molar-refractivity contribution in [2.75, 3.05) is 38.1 Å². The lowest BCUT2D eigenvalue weighted by Gasteiger charge is -2.35. The highest BCUT2D eigenvalue weighted by Crippen LogP contribution is 2.30. The molecule has 3 nitrogen and oxygen atoms in total. The van der Waals surface area contributed by atoms with E-state index >= 15 is 0 Å². The first kappa shape index (κ1) is 16.8. The van der Waals surface area contributed by atoms with E-state index < -0.39 is 0 Å². The number of rotatable bonds is 4. The van der Waals surface area contributed by atoms with Gasteiger partial charge in [0.25, 0.3) is 0 Å². The number of hydrogen-bond donors (Lipinski definition) is 1. The van der Waals surface area contributed by atoms with E-state index in [-0.39, 0.29) is 6.10 Å². The molecule has 3 unspecified atom stereocenters. The van der Waals surface area contributed by atoms with Crippen LogP contribution in [-0.2, 0) is 6.42 Å². The zero-order chi connectivity index (χ0) is 16.4. The number of aliphatic hydroxyl groups is 1. The standard InChI is InChI=1S/C20H32N2O/c1-15-11-16(2)14-22(13-15)10-8-20(23)18-6-7-19-17(12-18)5-4-9-21(19)3/h6-7,12,15-16,20,23H,4-5,8-11,13-14H2,1-3H3. The van der Waals surface area contributed by atoms with Crippen LogP contribution in [-0.4, -0.2) is 43.2 Å². The number of benzene rings is 1. The number of hydrogen-bond acceptors (Lipinski definition) is 3. The summed E-state index contributed by atoms with van der Waals surface area (Å²) in [5.41, 5.74) is 3.83. The van der Waals surface area contributed by atoms with Crippen LogP contribution in [0, 0.1) is 11.8 Å². The van der Waals surface area contributed by atoms with E-state index in [1.807, 2.05) is 0 Å². The van der Waals surface area contributed by atoms with Gasteiger partial charge in [0, 0.05) is 38.9 Å². The van der Waals surface area contributed by atoms with Gasteiger partial charge in [-0.3, -0.25) is 0 Å². The molecule has 128 valence electrons. The van der Waals surface area contributed by atoms with Crippen LogP contribution in [0.2, 0.25) is 0 Å². The first-order chi connectivity index (χ1) is 11.0. The SMILES string of the molecule is CC1CC(C)CN(CCC(O)c2ccc3c(c2)CCCN3C)C1. The Hall–Kier alpha value is -1.06. The van der Waals surface area contributed by atoms with Crippen molar-refractivity contribution in [1.29, 1.82) is 0 Å². The highest BCUT2D eigenvalue weighted by atomic mass is 16.3. The molecule has 2 heterocycles. The van der Waals surface area contributed by atoms with Crippen LogP contribution >= 0.6 is 0 Å². The number of nitrogens with zero attached hydrogens (tertiary/aromatic N) is 2. The van der Waals surface area contributed by atoms with Crippen molar-refractivity contribution in [3.05, 3.63) is 29.3 Å². The molecule has 1 fully saturated rings. The predicted molar refractivity (Wildman–Crippen MR) is 97.0 cm³/mol. The van der Waals surface area contributed by atoms with E-state index in [0.29, 0.717) is 0 Å². The summed E-state index contributed by atoms with van der Waals surface area (Å²) in [5, 5.41) is 10.6. The smallest absolute Gasteiger partial charge is 0.0802 e. The molecule has 0 bridgehead atoms. The van der Waals surface area contributed by atoms with Crippen LogP contribution in [0.5, 0.6) is 0 Å². The maximum atomic E-state index is 10.6. The molecule has 23 heavy (non-hydrogen) atoms. The molecule has 3 atom stereocenters. The Morgan fingerprint density at radius 3 is 2.70 bits per heavy atom. The van der Waals surface area contributed by atoms with E-state index in [9.17, 15) is 5.11 Å². The molecule has 0 saturated carbocycles. The Bertz CT molecular complexity index is 520. The third-order valence-electron chi connectivity index (χ3n) is 5.50. The Labute approximate surface area is 141 Å². The normalized spacial score (nSPS) is 26.9. The third-order valence-corrected chi connectivity index (χ3v) is 5.50. The Morgan fingerprint density at radius 2 is 1.96 bits per heavy atom. The van der Waals surface area contributed by atoms with Crippen molar-refractivity contribution in [1.82, 2.24) is 4.90 Å². The molecule has 3 rings (SSSR count). The minimum absolute atomic E-state index is 0.333. The second-order valence-corrected chi connectivity index (χ2v) is 7.92. The van der Waals surface area contributed by atoms with Crippen LogP contribution in [0.25, 0.3) is 0 Å². The Kier molecular flexibility index (Phi) is 5.27. The van der Waals surface area contributed by atoms with Gasteiger partial charge in [-0.2, -0.15) is 0 Å². The van der Waals surface area contributed by atoms with E-state index in [2.05, 4.69) is 48.9 Å². The minimum atomic E-state index is -0.333. The fourth-order valence-electron chi connectivity index (χ4n) is 4.46. The summed E-state index contributed by atoms with van der Waals surface area (Å²) in [6.07, 6.45) is 4.21. The molecule has 1 N–H and O–H groups in total. The zero-order valence-corrected chi connectivity index (χ0v) is 15.0. The third kappa shape index (κ3) is 4.07. The molecule has 0 amide bonds. The van der Waals surface area contributed by atoms with Gasteiger partial charge >= 0.3 is 0 Å². The van der Waals surface area contributed by atoms with Gasteiger partial charge in [-0.1, -0.05) is 26.0 Å². The number of fused-ring (bicyclic) bond motifs is 1. The summed E-state index contributed by atoms with van der Waals surface area (Å²) in [4.78, 5) is 4.86. The Balaban J connectivity index is 1.59. The van der Waals surface area contributed by atoms with Crippen molar-refractivity contribution in [3.8, 4) is 0 Å². The lowest BCUT2D eigenvalue weighted by atomic mass is 9.91. The highest BCUT2D eigenvalue weighted by Gasteiger charge is 2.22. The molecule has 0 aromatic heterocycles. The molecular formula is C20H32N2O. The zero-order valence-electron chi connectivity index (χ0n) is 15.0. The fourth-order valence-corrected chi connectivity index (χ4v) is 4.46. The fraction of sp³-hybridized carbons (Fsp3) is 0.700.